The molecule has 22 heavy (non-hydrogen) atoms. The second-order valence-electron chi connectivity index (χ2n) is 6.54. The first kappa shape index (κ1) is 15.6. The molecule has 0 fully saturated rings. The fourth-order valence-electron chi connectivity index (χ4n) is 3.13. The zero-order chi connectivity index (χ0) is 15.5. The molecule has 1 aliphatic rings. The van der Waals surface area contributed by atoms with Gasteiger partial charge >= 0.3 is 0 Å². The van der Waals surface area contributed by atoms with E-state index in [1.807, 2.05) is 0 Å². The van der Waals surface area contributed by atoms with E-state index in [0.29, 0.717) is 5.92 Å². The van der Waals surface area contributed by atoms with Crippen LogP contribution in [0.1, 0.15) is 47.4 Å². The molecule has 1 nitrogen and oxygen atoms in total. The van der Waals surface area contributed by atoms with Gasteiger partial charge in [0.25, 0.3) is 0 Å². The average molecular weight is 314 g/mol. The SMILES string of the molecule is CC(C)c1ccc(C(Cl)CN2CCc3ccccc3C2)cc1. The van der Waals surface area contributed by atoms with Gasteiger partial charge in [-0.3, -0.25) is 4.90 Å². The number of benzene rings is 2. The highest BCUT2D eigenvalue weighted by atomic mass is 35.5. The predicted molar refractivity (Wildman–Crippen MR) is 94.5 cm³/mol. The summed E-state index contributed by atoms with van der Waals surface area (Å²) >= 11 is 6.66. The summed E-state index contributed by atoms with van der Waals surface area (Å²) in [4.78, 5) is 2.47. The number of halogens is 1. The molecule has 0 spiro atoms. The lowest BCUT2D eigenvalue weighted by molar-refractivity contribution is 0.254. The van der Waals surface area contributed by atoms with E-state index >= 15 is 0 Å². The topological polar surface area (TPSA) is 3.24 Å². The maximum absolute atomic E-state index is 6.66. The molecule has 0 amide bonds. The predicted octanol–water partition coefficient (Wildman–Crippen LogP) is 5.15. The first-order valence-electron chi connectivity index (χ1n) is 8.16. The number of fused-ring (bicyclic) bond motifs is 1. The summed E-state index contributed by atoms with van der Waals surface area (Å²) < 4.78 is 0. The van der Waals surface area contributed by atoms with Crippen LogP contribution in [0.15, 0.2) is 48.5 Å². The Balaban J connectivity index is 1.64. The Morgan fingerprint density at radius 2 is 1.59 bits per heavy atom. The molecular formula is C20H24ClN. The van der Waals surface area contributed by atoms with Crippen LogP contribution in [0.4, 0.5) is 0 Å². The molecule has 0 aromatic heterocycles. The normalized spacial score (nSPS) is 16.5. The highest BCUT2D eigenvalue weighted by molar-refractivity contribution is 6.21. The molecule has 0 N–H and O–H groups in total. The van der Waals surface area contributed by atoms with Gasteiger partial charge < -0.3 is 0 Å². The zero-order valence-corrected chi connectivity index (χ0v) is 14.2. The zero-order valence-electron chi connectivity index (χ0n) is 13.4. The van der Waals surface area contributed by atoms with Gasteiger partial charge in [0.2, 0.25) is 0 Å². The third-order valence-electron chi connectivity index (χ3n) is 4.59. The van der Waals surface area contributed by atoms with Gasteiger partial charge in [-0.1, -0.05) is 62.4 Å². The van der Waals surface area contributed by atoms with E-state index in [4.69, 9.17) is 11.6 Å². The largest absolute Gasteiger partial charge is 0.297 e. The Kier molecular flexibility index (Phi) is 4.85. The van der Waals surface area contributed by atoms with Gasteiger partial charge in [0.1, 0.15) is 0 Å². The number of alkyl halides is 1. The fourth-order valence-corrected chi connectivity index (χ4v) is 3.47. The molecular weight excluding hydrogens is 290 g/mol. The molecule has 1 unspecified atom stereocenters. The highest BCUT2D eigenvalue weighted by Gasteiger charge is 2.19. The van der Waals surface area contributed by atoms with E-state index in [0.717, 1.165) is 26.1 Å². The number of hydrogen-bond donors (Lipinski definition) is 0. The number of hydrogen-bond acceptors (Lipinski definition) is 1. The van der Waals surface area contributed by atoms with Gasteiger partial charge in [0.05, 0.1) is 5.38 Å². The molecule has 2 aromatic carbocycles. The highest BCUT2D eigenvalue weighted by Crippen LogP contribution is 2.26. The molecule has 0 saturated carbocycles. The maximum atomic E-state index is 6.66. The van der Waals surface area contributed by atoms with Crippen molar-refractivity contribution in [1.29, 1.82) is 0 Å². The summed E-state index contributed by atoms with van der Waals surface area (Å²) in [6.45, 7) is 7.47. The van der Waals surface area contributed by atoms with Gasteiger partial charge in [-0.15, -0.1) is 11.6 Å². The first-order valence-corrected chi connectivity index (χ1v) is 8.60. The molecule has 3 rings (SSSR count). The Morgan fingerprint density at radius 3 is 2.27 bits per heavy atom. The van der Waals surface area contributed by atoms with Crippen molar-refractivity contribution >= 4 is 11.6 Å². The molecule has 1 heterocycles. The lowest BCUT2D eigenvalue weighted by atomic mass is 9.98. The Bertz CT molecular complexity index is 618. The second kappa shape index (κ2) is 6.85. The number of nitrogens with zero attached hydrogens (tertiary/aromatic N) is 1. The van der Waals surface area contributed by atoms with Crippen LogP contribution in [0.5, 0.6) is 0 Å². The quantitative estimate of drug-likeness (QED) is 0.706. The molecule has 2 aromatic rings. The van der Waals surface area contributed by atoms with Crippen molar-refractivity contribution in [2.24, 2.45) is 0 Å². The summed E-state index contributed by atoms with van der Waals surface area (Å²) in [5.74, 6) is 0.571. The van der Waals surface area contributed by atoms with E-state index in [-0.39, 0.29) is 5.38 Å². The van der Waals surface area contributed by atoms with Crippen LogP contribution in [0.25, 0.3) is 0 Å². The van der Waals surface area contributed by atoms with Gasteiger partial charge in [0, 0.05) is 19.6 Å². The van der Waals surface area contributed by atoms with Crippen LogP contribution >= 0.6 is 11.6 Å². The van der Waals surface area contributed by atoms with E-state index in [1.54, 1.807) is 0 Å². The van der Waals surface area contributed by atoms with Gasteiger partial charge in [0.15, 0.2) is 0 Å². The molecule has 116 valence electrons. The van der Waals surface area contributed by atoms with Crippen molar-refractivity contribution in [3.63, 3.8) is 0 Å². The molecule has 2 heteroatoms. The Morgan fingerprint density at radius 1 is 0.955 bits per heavy atom. The summed E-state index contributed by atoms with van der Waals surface area (Å²) in [6.07, 6.45) is 1.13. The van der Waals surface area contributed by atoms with Crippen LogP contribution in [-0.2, 0) is 13.0 Å². The molecule has 0 aliphatic carbocycles. The van der Waals surface area contributed by atoms with Crippen molar-refractivity contribution in [2.45, 2.75) is 38.1 Å². The van der Waals surface area contributed by atoms with E-state index < -0.39 is 0 Å². The van der Waals surface area contributed by atoms with Crippen LogP contribution in [0, 0.1) is 0 Å². The smallest absolute Gasteiger partial charge is 0.0712 e. The van der Waals surface area contributed by atoms with Gasteiger partial charge in [-0.2, -0.15) is 0 Å². The van der Waals surface area contributed by atoms with Crippen LogP contribution in [0.2, 0.25) is 0 Å². The summed E-state index contributed by atoms with van der Waals surface area (Å²) in [7, 11) is 0. The maximum Gasteiger partial charge on any atom is 0.0712 e. The molecule has 1 atom stereocenters. The van der Waals surface area contributed by atoms with E-state index in [9.17, 15) is 0 Å². The van der Waals surface area contributed by atoms with Crippen LogP contribution < -0.4 is 0 Å². The summed E-state index contributed by atoms with van der Waals surface area (Å²) in [5, 5.41) is 0.0616. The minimum absolute atomic E-state index is 0.0616. The lowest BCUT2D eigenvalue weighted by Crippen LogP contribution is -2.32. The van der Waals surface area contributed by atoms with Crippen LogP contribution in [0.3, 0.4) is 0 Å². The first-order chi connectivity index (χ1) is 10.6. The molecule has 0 radical (unpaired) electrons. The third-order valence-corrected chi connectivity index (χ3v) is 4.98. The van der Waals surface area contributed by atoms with E-state index in [1.165, 1.54) is 22.3 Å². The lowest BCUT2D eigenvalue weighted by Gasteiger charge is -2.30. The minimum Gasteiger partial charge on any atom is -0.297 e. The Hall–Kier alpha value is -1.31. The van der Waals surface area contributed by atoms with Crippen molar-refractivity contribution in [3.05, 3.63) is 70.8 Å². The van der Waals surface area contributed by atoms with E-state index in [2.05, 4.69) is 67.3 Å². The third kappa shape index (κ3) is 3.53. The van der Waals surface area contributed by atoms with Crippen molar-refractivity contribution in [3.8, 4) is 0 Å². The summed E-state index contributed by atoms with van der Waals surface area (Å²) in [6, 6.07) is 17.5. The fraction of sp³-hybridized carbons (Fsp3) is 0.400. The number of rotatable bonds is 4. The standard InChI is InChI=1S/C20H24ClN/c1-15(2)16-7-9-18(10-8-16)20(21)14-22-12-11-17-5-3-4-6-19(17)13-22/h3-10,15,20H,11-14H2,1-2H3. The monoisotopic (exact) mass is 313 g/mol. The second-order valence-corrected chi connectivity index (χ2v) is 7.07. The van der Waals surface area contributed by atoms with Gasteiger partial charge in [-0.25, -0.2) is 0 Å². The van der Waals surface area contributed by atoms with Crippen molar-refractivity contribution in [2.75, 3.05) is 13.1 Å². The molecule has 1 aliphatic heterocycles. The molecule has 0 bridgehead atoms. The average Bonchev–Trinajstić information content (AvgIpc) is 2.55. The van der Waals surface area contributed by atoms with Crippen molar-refractivity contribution < 1.29 is 0 Å². The van der Waals surface area contributed by atoms with Gasteiger partial charge in [-0.05, 0) is 34.6 Å². The molecule has 0 saturated heterocycles. The Labute approximate surface area is 138 Å². The van der Waals surface area contributed by atoms with Crippen molar-refractivity contribution in [1.82, 2.24) is 4.90 Å². The minimum atomic E-state index is 0.0616. The summed E-state index contributed by atoms with van der Waals surface area (Å²) in [5.41, 5.74) is 5.54. The van der Waals surface area contributed by atoms with Crippen LogP contribution in [-0.4, -0.2) is 18.0 Å².